The van der Waals surface area contributed by atoms with Crippen LogP contribution in [-0.2, 0) is 26.2 Å². The van der Waals surface area contributed by atoms with Crippen molar-refractivity contribution in [2.24, 2.45) is 0 Å². The molecular weight excluding hydrogens is 406 g/mol. The normalized spacial score (nSPS) is 33.6. The third kappa shape index (κ3) is 2.54. The van der Waals surface area contributed by atoms with Crippen LogP contribution in [0, 0.1) is 0 Å². The second kappa shape index (κ2) is 6.69. The molecule has 5 atom stereocenters. The quantitative estimate of drug-likeness (QED) is 0.566. The second-order valence-corrected chi connectivity index (χ2v) is 8.82. The number of aliphatic carboxylic acids is 1. The van der Waals surface area contributed by atoms with Gasteiger partial charge in [-0.2, -0.15) is 0 Å². The number of aliphatic hydroxyl groups excluding tert-OH is 1. The van der Waals surface area contributed by atoms with E-state index in [2.05, 4.69) is 4.90 Å². The molecule has 0 radical (unpaired) electrons. The van der Waals surface area contributed by atoms with Crippen LogP contribution < -0.4 is 9.47 Å². The Hall–Kier alpha value is -2.62. The summed E-state index contributed by atoms with van der Waals surface area (Å²) < 4.78 is 17.4. The summed E-state index contributed by atoms with van der Waals surface area (Å²) in [5.74, 6) is -1.02. The monoisotopic (exact) mass is 431 g/mol. The second-order valence-electron chi connectivity index (χ2n) is 8.82. The third-order valence-corrected chi connectivity index (χ3v) is 7.43. The molecule has 0 unspecified atom stereocenters. The van der Waals surface area contributed by atoms with E-state index in [1.807, 2.05) is 19.2 Å². The first-order valence-electron chi connectivity index (χ1n) is 10.3. The van der Waals surface area contributed by atoms with Gasteiger partial charge < -0.3 is 34.4 Å². The molecule has 166 valence electrons. The minimum atomic E-state index is -1.84. The molecule has 9 heteroatoms. The Morgan fingerprint density at radius 3 is 2.87 bits per heavy atom. The van der Waals surface area contributed by atoms with E-state index >= 15 is 0 Å². The molecule has 2 bridgehead atoms. The zero-order chi connectivity index (χ0) is 22.1. The van der Waals surface area contributed by atoms with Crippen molar-refractivity contribution in [3.05, 3.63) is 35.1 Å². The molecular formula is C22H25NO8. The number of hydrogen-bond donors (Lipinski definition) is 3. The fraction of sp³-hybridized carbons (Fsp3) is 0.545. The van der Waals surface area contributed by atoms with Gasteiger partial charge in [0.15, 0.2) is 23.7 Å². The fourth-order valence-electron chi connectivity index (χ4n) is 6.01. The summed E-state index contributed by atoms with van der Waals surface area (Å²) in [5.41, 5.74) is 0.0627. The number of carbonyl (C=O) groups excluding carboxylic acids is 1. The SMILES string of the molecule is COc1ccc2c3c1O[C@@H]1C(OC(=O)C[C@@H](O)C(=O)O)=CC[C@]4(O)[C@H](C2)N(C)CC[C@@]314. The van der Waals surface area contributed by atoms with Crippen molar-refractivity contribution in [3.8, 4) is 11.5 Å². The average Bonchev–Trinajstić information content (AvgIpc) is 3.08. The number of benzene rings is 1. The van der Waals surface area contributed by atoms with Gasteiger partial charge in [0, 0.05) is 18.0 Å². The Morgan fingerprint density at radius 2 is 2.16 bits per heavy atom. The molecule has 31 heavy (non-hydrogen) atoms. The smallest absolute Gasteiger partial charge is 0.333 e. The van der Waals surface area contributed by atoms with Gasteiger partial charge in [0.25, 0.3) is 0 Å². The summed E-state index contributed by atoms with van der Waals surface area (Å²) in [6.07, 6.45) is -0.0812. The lowest BCUT2D eigenvalue weighted by molar-refractivity contribution is -0.170. The molecule has 0 aromatic heterocycles. The van der Waals surface area contributed by atoms with Crippen LogP contribution in [0.15, 0.2) is 24.0 Å². The van der Waals surface area contributed by atoms with Crippen molar-refractivity contribution in [2.75, 3.05) is 20.7 Å². The Balaban J connectivity index is 1.59. The van der Waals surface area contributed by atoms with E-state index in [-0.39, 0.29) is 18.2 Å². The molecule has 2 aliphatic carbocycles. The van der Waals surface area contributed by atoms with Gasteiger partial charge in [0.1, 0.15) is 5.76 Å². The summed E-state index contributed by atoms with van der Waals surface area (Å²) in [6, 6.07) is 3.73. The average molecular weight is 431 g/mol. The highest BCUT2D eigenvalue weighted by Gasteiger charge is 2.72. The zero-order valence-corrected chi connectivity index (χ0v) is 17.3. The van der Waals surface area contributed by atoms with Crippen molar-refractivity contribution in [1.29, 1.82) is 0 Å². The van der Waals surface area contributed by atoms with E-state index in [0.29, 0.717) is 24.3 Å². The van der Waals surface area contributed by atoms with E-state index in [1.54, 1.807) is 13.2 Å². The van der Waals surface area contributed by atoms with Crippen molar-refractivity contribution in [1.82, 2.24) is 4.90 Å². The van der Waals surface area contributed by atoms with Gasteiger partial charge >= 0.3 is 11.9 Å². The fourth-order valence-corrected chi connectivity index (χ4v) is 6.01. The highest BCUT2D eigenvalue weighted by Crippen LogP contribution is 2.65. The van der Waals surface area contributed by atoms with Crippen molar-refractivity contribution < 1.29 is 39.1 Å². The molecule has 4 aliphatic rings. The number of piperidine rings is 1. The number of carbonyl (C=O) groups is 2. The maximum Gasteiger partial charge on any atom is 0.333 e. The highest BCUT2D eigenvalue weighted by molar-refractivity contribution is 5.81. The molecule has 1 saturated heterocycles. The van der Waals surface area contributed by atoms with Crippen LogP contribution >= 0.6 is 0 Å². The van der Waals surface area contributed by atoms with Gasteiger partial charge in [0.2, 0.25) is 0 Å². The van der Waals surface area contributed by atoms with Gasteiger partial charge in [-0.05, 0) is 44.1 Å². The molecule has 0 amide bonds. The van der Waals surface area contributed by atoms with Crippen LogP contribution in [-0.4, -0.2) is 76.7 Å². The topological polar surface area (TPSA) is 126 Å². The van der Waals surface area contributed by atoms with E-state index in [1.165, 1.54) is 0 Å². The van der Waals surface area contributed by atoms with E-state index in [9.17, 15) is 19.8 Å². The van der Waals surface area contributed by atoms with Gasteiger partial charge in [-0.1, -0.05) is 6.07 Å². The molecule has 5 rings (SSSR count). The minimum absolute atomic E-state index is 0.124. The van der Waals surface area contributed by atoms with Crippen LogP contribution in [0.5, 0.6) is 11.5 Å². The number of aliphatic hydroxyl groups is 2. The number of likely N-dealkylation sites (N-methyl/N-ethyl adjacent to an activating group) is 1. The Kier molecular flexibility index (Phi) is 4.38. The van der Waals surface area contributed by atoms with Crippen LogP contribution in [0.3, 0.4) is 0 Å². The summed E-state index contributed by atoms with van der Waals surface area (Å²) in [5, 5.41) is 30.4. The number of hydrogen-bond acceptors (Lipinski definition) is 8. The number of likely N-dealkylation sites (tertiary alicyclic amines) is 1. The zero-order valence-electron chi connectivity index (χ0n) is 17.3. The molecule has 0 saturated carbocycles. The first-order valence-corrected chi connectivity index (χ1v) is 10.3. The Morgan fingerprint density at radius 1 is 1.39 bits per heavy atom. The van der Waals surface area contributed by atoms with Crippen molar-refractivity contribution in [2.45, 2.75) is 54.9 Å². The first kappa shape index (κ1) is 20.3. The number of rotatable bonds is 5. The Bertz CT molecular complexity index is 1010. The molecule has 2 heterocycles. The summed E-state index contributed by atoms with van der Waals surface area (Å²) in [7, 11) is 3.56. The molecule has 1 spiro atoms. The van der Waals surface area contributed by atoms with Gasteiger partial charge in [-0.25, -0.2) is 4.79 Å². The number of methoxy groups -OCH3 is 1. The standard InChI is InChI=1S/C22H25NO8/c1-23-8-7-21-17-11-3-4-13(29-2)18(17)31-19(21)14(5-6-22(21,28)15(23)9-11)30-16(25)10-12(24)20(26)27/h3-5,12,15,19,24,28H,6-10H2,1-2H3,(H,26,27)/t12-,15+,19-,21-,22+/m1/s1. The lowest BCUT2D eigenvalue weighted by Gasteiger charge is -2.61. The van der Waals surface area contributed by atoms with Gasteiger partial charge in [-0.3, -0.25) is 4.79 Å². The van der Waals surface area contributed by atoms with E-state index < -0.39 is 41.6 Å². The van der Waals surface area contributed by atoms with Crippen LogP contribution in [0.2, 0.25) is 0 Å². The highest BCUT2D eigenvalue weighted by atomic mass is 16.6. The maximum atomic E-state index is 12.3. The molecule has 9 nitrogen and oxygen atoms in total. The number of esters is 1. The summed E-state index contributed by atoms with van der Waals surface area (Å²) in [6.45, 7) is 0.738. The largest absolute Gasteiger partial charge is 0.493 e. The number of nitrogens with zero attached hydrogens (tertiary/aromatic N) is 1. The third-order valence-electron chi connectivity index (χ3n) is 7.43. The Labute approximate surface area is 178 Å². The number of ether oxygens (including phenoxy) is 3. The predicted molar refractivity (Wildman–Crippen MR) is 106 cm³/mol. The molecule has 1 aromatic carbocycles. The maximum absolute atomic E-state index is 12.3. The number of carboxylic acids is 1. The van der Waals surface area contributed by atoms with E-state index in [4.69, 9.17) is 19.3 Å². The van der Waals surface area contributed by atoms with Gasteiger partial charge in [-0.15, -0.1) is 0 Å². The first-order chi connectivity index (χ1) is 14.7. The molecule has 2 aliphatic heterocycles. The van der Waals surface area contributed by atoms with Gasteiger partial charge in [0.05, 0.1) is 24.5 Å². The molecule has 3 N–H and O–H groups in total. The summed E-state index contributed by atoms with van der Waals surface area (Å²) in [4.78, 5) is 25.4. The number of carboxylic acid groups (broad SMARTS) is 1. The lowest BCUT2D eigenvalue weighted by Crippen LogP contribution is -2.74. The minimum Gasteiger partial charge on any atom is -0.493 e. The van der Waals surface area contributed by atoms with Crippen LogP contribution in [0.1, 0.15) is 30.4 Å². The summed E-state index contributed by atoms with van der Waals surface area (Å²) >= 11 is 0. The van der Waals surface area contributed by atoms with Crippen LogP contribution in [0.4, 0.5) is 0 Å². The van der Waals surface area contributed by atoms with E-state index in [0.717, 1.165) is 17.7 Å². The molecule has 1 fully saturated rings. The predicted octanol–water partition coefficient (Wildman–Crippen LogP) is 0.352. The van der Waals surface area contributed by atoms with Crippen LogP contribution in [0.25, 0.3) is 0 Å². The molecule has 1 aromatic rings. The van der Waals surface area contributed by atoms with Crippen molar-refractivity contribution >= 4 is 11.9 Å². The lowest BCUT2D eigenvalue weighted by atomic mass is 9.50. The van der Waals surface area contributed by atoms with Crippen molar-refractivity contribution in [3.63, 3.8) is 0 Å².